The Hall–Kier alpha value is -0.590. The van der Waals surface area contributed by atoms with E-state index in [9.17, 15) is 4.79 Å². The van der Waals surface area contributed by atoms with Crippen molar-refractivity contribution in [2.45, 2.75) is 29.3 Å². The topological polar surface area (TPSA) is 51.2 Å². The van der Waals surface area contributed by atoms with Crippen LogP contribution in [0.3, 0.4) is 0 Å². The largest absolute Gasteiger partial charge is 0.468 e. The third-order valence-electron chi connectivity index (χ3n) is 2.28. The molecule has 1 aromatic rings. The second-order valence-corrected chi connectivity index (χ2v) is 5.79. The summed E-state index contributed by atoms with van der Waals surface area (Å²) in [5.74, 6) is 0.493. The quantitative estimate of drug-likeness (QED) is 0.619. The van der Waals surface area contributed by atoms with Crippen molar-refractivity contribution < 1.29 is 9.53 Å². The molecule has 1 fully saturated rings. The van der Waals surface area contributed by atoms with Crippen LogP contribution < -0.4 is 5.32 Å². The summed E-state index contributed by atoms with van der Waals surface area (Å²) in [6.45, 7) is 0. The van der Waals surface area contributed by atoms with Crippen molar-refractivity contribution in [3.05, 3.63) is 11.6 Å². The van der Waals surface area contributed by atoms with Crippen molar-refractivity contribution >= 4 is 29.1 Å². The average Bonchev–Trinajstić information content (AvgIpc) is 2.97. The first kappa shape index (κ1) is 11.9. The lowest BCUT2D eigenvalue weighted by molar-refractivity contribution is -0.142. The van der Waals surface area contributed by atoms with E-state index in [4.69, 9.17) is 4.74 Å². The van der Waals surface area contributed by atoms with Gasteiger partial charge in [0.25, 0.3) is 0 Å². The fraction of sp³-hybridized carbons (Fsp3) is 0.600. The number of carbonyl (C=O) groups excluding carboxylic acids is 1. The minimum Gasteiger partial charge on any atom is -0.468 e. The van der Waals surface area contributed by atoms with Crippen LogP contribution in [-0.2, 0) is 9.53 Å². The van der Waals surface area contributed by atoms with Gasteiger partial charge in [-0.1, -0.05) is 11.8 Å². The first-order valence-corrected chi connectivity index (χ1v) is 7.02. The summed E-state index contributed by atoms with van der Waals surface area (Å²) < 4.78 is 5.77. The SMILES string of the molecule is COC(=O)C(CSc1nccs1)NC1CC1. The molecule has 1 atom stereocenters. The monoisotopic (exact) mass is 258 g/mol. The number of carbonyl (C=O) groups is 1. The Morgan fingerprint density at radius 1 is 1.81 bits per heavy atom. The lowest BCUT2D eigenvalue weighted by Crippen LogP contribution is -2.40. The highest BCUT2D eigenvalue weighted by Crippen LogP contribution is 2.24. The van der Waals surface area contributed by atoms with Gasteiger partial charge in [-0.15, -0.1) is 11.3 Å². The molecule has 0 spiro atoms. The van der Waals surface area contributed by atoms with Crippen molar-refractivity contribution in [1.82, 2.24) is 10.3 Å². The van der Waals surface area contributed by atoms with Gasteiger partial charge in [0.2, 0.25) is 0 Å². The molecule has 1 N–H and O–H groups in total. The lowest BCUT2D eigenvalue weighted by Gasteiger charge is -2.14. The first-order chi connectivity index (χ1) is 7.79. The third-order valence-corrected chi connectivity index (χ3v) is 4.34. The second-order valence-electron chi connectivity index (χ2n) is 3.63. The fourth-order valence-electron chi connectivity index (χ4n) is 1.30. The summed E-state index contributed by atoms with van der Waals surface area (Å²) >= 11 is 3.18. The summed E-state index contributed by atoms with van der Waals surface area (Å²) in [6.07, 6.45) is 4.10. The summed E-state index contributed by atoms with van der Waals surface area (Å²) in [7, 11) is 1.43. The highest BCUT2D eigenvalue weighted by atomic mass is 32.2. The molecule has 1 saturated carbocycles. The van der Waals surface area contributed by atoms with Gasteiger partial charge in [-0.05, 0) is 12.8 Å². The van der Waals surface area contributed by atoms with Gasteiger partial charge in [-0.2, -0.15) is 0 Å². The number of hydrogen-bond acceptors (Lipinski definition) is 6. The molecule has 88 valence electrons. The van der Waals surface area contributed by atoms with Crippen LogP contribution in [0, 0.1) is 0 Å². The highest BCUT2D eigenvalue weighted by Gasteiger charge is 2.29. The zero-order chi connectivity index (χ0) is 11.4. The van der Waals surface area contributed by atoms with Gasteiger partial charge in [0.15, 0.2) is 0 Å². The number of rotatable bonds is 6. The number of ether oxygens (including phenoxy) is 1. The minimum absolute atomic E-state index is 0.184. The van der Waals surface area contributed by atoms with Crippen LogP contribution in [0.25, 0.3) is 0 Å². The van der Waals surface area contributed by atoms with Crippen LogP contribution in [0.15, 0.2) is 15.9 Å². The summed E-state index contributed by atoms with van der Waals surface area (Å²) in [6, 6.07) is 0.285. The summed E-state index contributed by atoms with van der Waals surface area (Å²) in [4.78, 5) is 15.7. The predicted molar refractivity (Wildman–Crippen MR) is 64.8 cm³/mol. The number of methoxy groups -OCH3 is 1. The number of thioether (sulfide) groups is 1. The number of hydrogen-bond donors (Lipinski definition) is 1. The Balaban J connectivity index is 1.83. The van der Waals surface area contributed by atoms with Crippen molar-refractivity contribution in [3.63, 3.8) is 0 Å². The van der Waals surface area contributed by atoms with E-state index in [2.05, 4.69) is 10.3 Å². The Kier molecular flexibility index (Phi) is 4.20. The summed E-state index contributed by atoms with van der Waals surface area (Å²) in [5, 5.41) is 5.22. The number of esters is 1. The van der Waals surface area contributed by atoms with Crippen LogP contribution in [0.1, 0.15) is 12.8 Å². The maximum Gasteiger partial charge on any atom is 0.323 e. The second kappa shape index (κ2) is 5.65. The van der Waals surface area contributed by atoms with E-state index in [1.807, 2.05) is 5.38 Å². The van der Waals surface area contributed by atoms with Gasteiger partial charge in [0.05, 0.1) is 7.11 Å². The molecule has 4 nitrogen and oxygen atoms in total. The van der Waals surface area contributed by atoms with Gasteiger partial charge in [0, 0.05) is 23.4 Å². The van der Waals surface area contributed by atoms with E-state index in [1.54, 1.807) is 29.3 Å². The summed E-state index contributed by atoms with van der Waals surface area (Å²) in [5.41, 5.74) is 0. The molecule has 0 aromatic carbocycles. The highest BCUT2D eigenvalue weighted by molar-refractivity contribution is 8.01. The van der Waals surface area contributed by atoms with Crippen LogP contribution >= 0.6 is 23.1 Å². The molecule has 0 bridgehead atoms. The van der Waals surface area contributed by atoms with Gasteiger partial charge in [-0.25, -0.2) is 4.98 Å². The van der Waals surface area contributed by atoms with E-state index in [0.717, 1.165) is 17.2 Å². The molecule has 0 aliphatic heterocycles. The molecule has 1 aliphatic rings. The molecule has 0 amide bonds. The van der Waals surface area contributed by atoms with Crippen molar-refractivity contribution in [2.75, 3.05) is 12.9 Å². The normalized spacial score (nSPS) is 17.1. The Morgan fingerprint density at radius 2 is 2.62 bits per heavy atom. The molecule has 1 aromatic heterocycles. The Morgan fingerprint density at radius 3 is 3.19 bits per heavy atom. The van der Waals surface area contributed by atoms with E-state index < -0.39 is 0 Å². The lowest BCUT2D eigenvalue weighted by atomic mass is 10.3. The molecule has 1 aliphatic carbocycles. The van der Waals surface area contributed by atoms with Crippen molar-refractivity contribution in [1.29, 1.82) is 0 Å². The van der Waals surface area contributed by atoms with E-state index in [-0.39, 0.29) is 12.0 Å². The zero-order valence-electron chi connectivity index (χ0n) is 9.01. The van der Waals surface area contributed by atoms with Crippen molar-refractivity contribution in [2.24, 2.45) is 0 Å². The molecule has 16 heavy (non-hydrogen) atoms. The van der Waals surface area contributed by atoms with Crippen molar-refractivity contribution in [3.8, 4) is 0 Å². The first-order valence-electron chi connectivity index (χ1n) is 5.16. The van der Waals surface area contributed by atoms with Crippen LogP contribution in [0.5, 0.6) is 0 Å². The number of nitrogens with one attached hydrogen (secondary N) is 1. The van der Waals surface area contributed by atoms with Gasteiger partial charge < -0.3 is 10.1 Å². The average molecular weight is 258 g/mol. The number of aromatic nitrogens is 1. The molecular formula is C10H14N2O2S2. The number of nitrogens with zero attached hydrogens (tertiary/aromatic N) is 1. The molecule has 6 heteroatoms. The molecule has 2 rings (SSSR count). The molecule has 0 saturated heterocycles. The van der Waals surface area contributed by atoms with E-state index in [0.29, 0.717) is 11.8 Å². The third kappa shape index (κ3) is 3.47. The molecule has 0 radical (unpaired) electrons. The zero-order valence-corrected chi connectivity index (χ0v) is 10.6. The van der Waals surface area contributed by atoms with Crippen LogP contribution in [0.2, 0.25) is 0 Å². The van der Waals surface area contributed by atoms with E-state index >= 15 is 0 Å². The molecule has 1 unspecified atom stereocenters. The fourth-order valence-corrected chi connectivity index (χ4v) is 2.98. The predicted octanol–water partition coefficient (Wildman–Crippen LogP) is 1.53. The maximum absolute atomic E-state index is 11.5. The Bertz CT molecular complexity index is 339. The minimum atomic E-state index is -0.216. The Labute approximate surface area is 103 Å². The van der Waals surface area contributed by atoms with E-state index in [1.165, 1.54) is 7.11 Å². The van der Waals surface area contributed by atoms with Crippen LogP contribution in [-0.4, -0.2) is 35.9 Å². The maximum atomic E-state index is 11.5. The van der Waals surface area contributed by atoms with Gasteiger partial charge in [-0.3, -0.25) is 4.79 Å². The van der Waals surface area contributed by atoms with Crippen LogP contribution in [0.4, 0.5) is 0 Å². The molecule has 1 heterocycles. The smallest absolute Gasteiger partial charge is 0.323 e. The number of thiazole rings is 1. The standard InChI is InChI=1S/C10H14N2O2S2/c1-14-9(13)8(12-7-2-3-7)6-16-10-11-4-5-15-10/h4-5,7-8,12H,2-3,6H2,1H3. The van der Waals surface area contributed by atoms with Gasteiger partial charge >= 0.3 is 5.97 Å². The van der Waals surface area contributed by atoms with Gasteiger partial charge in [0.1, 0.15) is 10.4 Å². The molecular weight excluding hydrogens is 244 g/mol.